The smallest absolute Gasteiger partial charge is 0.345 e. The van der Waals surface area contributed by atoms with Crippen molar-refractivity contribution in [3.63, 3.8) is 0 Å². The van der Waals surface area contributed by atoms with Crippen molar-refractivity contribution in [1.29, 1.82) is 0 Å². The van der Waals surface area contributed by atoms with E-state index in [-0.39, 0.29) is 4.47 Å². The number of nitro groups is 1. The maximum atomic E-state index is 13.1. The molecule has 0 aliphatic carbocycles. The van der Waals surface area contributed by atoms with E-state index in [0.29, 0.717) is 6.07 Å². The Morgan fingerprint density at radius 3 is 2.53 bits per heavy atom. The molecule has 0 aliphatic heterocycles. The van der Waals surface area contributed by atoms with Crippen LogP contribution in [0, 0.1) is 15.9 Å². The number of benzene rings is 1. The summed E-state index contributed by atoms with van der Waals surface area (Å²) in [6.45, 7) is 0. The quantitative estimate of drug-likeness (QED) is 0.636. The van der Waals surface area contributed by atoms with Gasteiger partial charge in [-0.25, -0.2) is 9.18 Å². The number of hydrogen-bond acceptors (Lipinski definition) is 4. The van der Waals surface area contributed by atoms with E-state index in [1.54, 1.807) is 0 Å². The van der Waals surface area contributed by atoms with Crippen molar-refractivity contribution < 1.29 is 24.3 Å². The number of nitro benzene ring substituents is 1. The molecule has 0 aliphatic rings. The van der Waals surface area contributed by atoms with E-state index in [9.17, 15) is 24.4 Å². The summed E-state index contributed by atoms with van der Waals surface area (Å²) in [5.74, 6) is -4.03. The van der Waals surface area contributed by atoms with Crippen molar-refractivity contribution in [2.75, 3.05) is 0 Å². The van der Waals surface area contributed by atoms with Crippen LogP contribution >= 0.6 is 15.9 Å². The van der Waals surface area contributed by atoms with Crippen molar-refractivity contribution in [3.05, 3.63) is 32.0 Å². The van der Waals surface area contributed by atoms with E-state index >= 15 is 0 Å². The number of halogens is 2. The molecule has 0 saturated carbocycles. The zero-order valence-electron chi connectivity index (χ0n) is 6.90. The highest BCUT2D eigenvalue weighted by molar-refractivity contribution is 9.10. The first-order valence-corrected chi connectivity index (χ1v) is 4.24. The molecule has 0 radical (unpaired) electrons. The Bertz CT molecular complexity index is 461. The maximum Gasteiger partial charge on any atom is 0.345 e. The number of carboxylic acid groups (broad SMARTS) is 1. The monoisotopic (exact) mass is 279 g/mol. The topological polar surface area (TPSA) is 101 Å². The molecule has 0 saturated heterocycles. The van der Waals surface area contributed by atoms with E-state index in [1.807, 2.05) is 0 Å². The van der Waals surface area contributed by atoms with Crippen LogP contribution in [0.1, 0.15) is 10.4 Å². The van der Waals surface area contributed by atoms with Crippen LogP contribution in [-0.4, -0.2) is 21.1 Å². The van der Waals surface area contributed by atoms with Gasteiger partial charge in [-0.15, -0.1) is 0 Å². The number of phenols is 1. The summed E-state index contributed by atoms with van der Waals surface area (Å²) in [4.78, 5) is 19.8. The maximum absolute atomic E-state index is 13.1. The summed E-state index contributed by atoms with van der Waals surface area (Å²) in [6, 6.07) is 0.645. The summed E-state index contributed by atoms with van der Waals surface area (Å²) in [5, 5.41) is 28.2. The standard InChI is InChI=1S/C7H3BrFNO5/c8-2-1-3(9)4(7(12)13)5(6(2)11)10(14)15/h1,11H,(H,12,13). The van der Waals surface area contributed by atoms with Crippen LogP contribution < -0.4 is 0 Å². The number of hydrogen-bond donors (Lipinski definition) is 2. The third-order valence-corrected chi connectivity index (χ3v) is 2.18. The number of aromatic carboxylic acids is 1. The van der Waals surface area contributed by atoms with Crippen molar-refractivity contribution in [2.24, 2.45) is 0 Å². The summed E-state index contributed by atoms with van der Waals surface area (Å²) < 4.78 is 12.8. The largest absolute Gasteiger partial charge is 0.501 e. The minimum absolute atomic E-state index is 0.281. The fourth-order valence-corrected chi connectivity index (χ4v) is 1.37. The van der Waals surface area contributed by atoms with Gasteiger partial charge in [0.25, 0.3) is 0 Å². The SMILES string of the molecule is O=C(O)c1c(F)cc(Br)c(O)c1[N+](=O)[O-]. The predicted octanol–water partition coefficient (Wildman–Crippen LogP) is 1.90. The molecule has 0 bridgehead atoms. The summed E-state index contributed by atoms with van der Waals surface area (Å²) in [6.07, 6.45) is 0. The molecule has 0 aromatic heterocycles. The minimum atomic E-state index is -1.82. The normalized spacial score (nSPS) is 10.0. The van der Waals surface area contributed by atoms with E-state index in [4.69, 9.17) is 5.11 Å². The van der Waals surface area contributed by atoms with E-state index in [1.165, 1.54) is 0 Å². The fourth-order valence-electron chi connectivity index (χ4n) is 0.978. The van der Waals surface area contributed by atoms with Gasteiger partial charge in [0.1, 0.15) is 5.82 Å². The van der Waals surface area contributed by atoms with Gasteiger partial charge in [-0.05, 0) is 22.0 Å². The Labute approximate surface area is 90.2 Å². The Balaban J connectivity index is 3.69. The van der Waals surface area contributed by atoms with Gasteiger partial charge in [0.15, 0.2) is 5.56 Å². The fraction of sp³-hybridized carbons (Fsp3) is 0. The van der Waals surface area contributed by atoms with Gasteiger partial charge in [0.05, 0.1) is 9.40 Å². The average molecular weight is 280 g/mol. The molecule has 1 aromatic rings. The van der Waals surface area contributed by atoms with Gasteiger partial charge < -0.3 is 10.2 Å². The first-order valence-electron chi connectivity index (χ1n) is 3.45. The molecule has 0 heterocycles. The van der Waals surface area contributed by atoms with Crippen LogP contribution in [0.25, 0.3) is 0 Å². The lowest BCUT2D eigenvalue weighted by atomic mass is 10.1. The van der Waals surface area contributed by atoms with E-state index in [2.05, 4.69) is 15.9 Å². The molecule has 15 heavy (non-hydrogen) atoms. The molecule has 6 nitrogen and oxygen atoms in total. The lowest BCUT2D eigenvalue weighted by Gasteiger charge is -2.03. The van der Waals surface area contributed by atoms with Crippen molar-refractivity contribution >= 4 is 27.6 Å². The lowest BCUT2D eigenvalue weighted by Crippen LogP contribution is -2.06. The van der Waals surface area contributed by atoms with Gasteiger partial charge in [-0.1, -0.05) is 0 Å². The molecule has 8 heteroatoms. The zero-order valence-corrected chi connectivity index (χ0v) is 8.49. The van der Waals surface area contributed by atoms with Crippen molar-refractivity contribution in [1.82, 2.24) is 0 Å². The molecule has 0 atom stereocenters. The molecular weight excluding hydrogens is 277 g/mol. The highest BCUT2D eigenvalue weighted by Gasteiger charge is 2.30. The predicted molar refractivity (Wildman–Crippen MR) is 49.4 cm³/mol. The van der Waals surface area contributed by atoms with Crippen molar-refractivity contribution in [3.8, 4) is 5.75 Å². The minimum Gasteiger partial charge on any atom is -0.501 e. The summed E-state index contributed by atoms with van der Waals surface area (Å²) in [7, 11) is 0. The van der Waals surface area contributed by atoms with Crippen LogP contribution in [0.4, 0.5) is 10.1 Å². The number of carboxylic acids is 1. The number of carbonyl (C=O) groups is 1. The second-order valence-corrected chi connectivity index (χ2v) is 3.33. The average Bonchev–Trinajstić information content (AvgIpc) is 2.09. The van der Waals surface area contributed by atoms with Crippen LogP contribution in [-0.2, 0) is 0 Å². The van der Waals surface area contributed by atoms with E-state index < -0.39 is 33.7 Å². The van der Waals surface area contributed by atoms with Gasteiger partial charge in [-0.2, -0.15) is 0 Å². The highest BCUT2D eigenvalue weighted by atomic mass is 79.9. The lowest BCUT2D eigenvalue weighted by molar-refractivity contribution is -0.386. The first-order chi connectivity index (χ1) is 6.86. The van der Waals surface area contributed by atoms with E-state index in [0.717, 1.165) is 0 Å². The van der Waals surface area contributed by atoms with Crippen molar-refractivity contribution in [2.45, 2.75) is 0 Å². The highest BCUT2D eigenvalue weighted by Crippen LogP contribution is 2.38. The zero-order chi connectivity index (χ0) is 11.7. The molecule has 2 N–H and O–H groups in total. The van der Waals surface area contributed by atoms with Crippen LogP contribution in [0.5, 0.6) is 5.75 Å². The third kappa shape index (κ3) is 1.89. The van der Waals surface area contributed by atoms with Gasteiger partial charge in [0.2, 0.25) is 5.75 Å². The second-order valence-electron chi connectivity index (χ2n) is 2.47. The van der Waals surface area contributed by atoms with Crippen LogP contribution in [0.15, 0.2) is 10.5 Å². The summed E-state index contributed by atoms with van der Waals surface area (Å²) in [5.41, 5.74) is -2.34. The Morgan fingerprint density at radius 2 is 2.13 bits per heavy atom. The van der Waals surface area contributed by atoms with Gasteiger partial charge >= 0.3 is 11.7 Å². The number of aromatic hydroxyl groups is 1. The molecule has 0 spiro atoms. The molecule has 0 amide bonds. The number of rotatable bonds is 2. The molecule has 1 aromatic carbocycles. The second kappa shape index (κ2) is 3.81. The first kappa shape index (κ1) is 11.4. The molecule has 1 rings (SSSR count). The number of phenolic OH excluding ortho intramolecular Hbond substituents is 1. The molecule has 80 valence electrons. The summed E-state index contributed by atoms with van der Waals surface area (Å²) >= 11 is 2.66. The number of nitrogens with zero attached hydrogens (tertiary/aromatic N) is 1. The van der Waals surface area contributed by atoms with Crippen LogP contribution in [0.3, 0.4) is 0 Å². The Morgan fingerprint density at radius 1 is 1.60 bits per heavy atom. The van der Waals surface area contributed by atoms with Gasteiger partial charge in [-0.3, -0.25) is 10.1 Å². The van der Waals surface area contributed by atoms with Gasteiger partial charge in [0, 0.05) is 0 Å². The molecular formula is C7H3BrFNO5. The third-order valence-electron chi connectivity index (χ3n) is 1.58. The Kier molecular flexibility index (Phi) is 2.89. The molecule has 0 unspecified atom stereocenters. The Hall–Kier alpha value is -1.70. The molecule has 0 fully saturated rings. The van der Waals surface area contributed by atoms with Crippen LogP contribution in [0.2, 0.25) is 0 Å².